The molecule has 0 saturated carbocycles. The van der Waals surface area contributed by atoms with Crippen molar-refractivity contribution in [3.05, 3.63) is 35.6 Å². The van der Waals surface area contributed by atoms with Crippen LogP contribution in [-0.4, -0.2) is 30.4 Å². The van der Waals surface area contributed by atoms with Crippen molar-refractivity contribution in [2.24, 2.45) is 11.7 Å². The Balaban J connectivity index is 0.00000576. The van der Waals surface area contributed by atoms with Crippen LogP contribution in [-0.2, 0) is 4.79 Å². The van der Waals surface area contributed by atoms with Crippen LogP contribution in [0.3, 0.4) is 0 Å². The quantitative estimate of drug-likeness (QED) is 0.622. The molecule has 1 aromatic rings. The van der Waals surface area contributed by atoms with E-state index in [1.165, 1.54) is 18.2 Å². The van der Waals surface area contributed by atoms with E-state index < -0.39 is 17.8 Å². The molecule has 2 atom stereocenters. The number of hydrogen-bond acceptors (Lipinski definition) is 3. The highest BCUT2D eigenvalue weighted by Crippen LogP contribution is 2.09. The van der Waals surface area contributed by atoms with Crippen LogP contribution in [0.2, 0.25) is 0 Å². The molecule has 2 amide bonds. The van der Waals surface area contributed by atoms with Gasteiger partial charge >= 0.3 is 0 Å². The number of nitrogens with two attached hydrogens (primary N) is 1. The second kappa shape index (κ2) is 11.8. The standard InChI is InChI=1S/C18H28FN3O2.ClH/c1-4-5-8-13(11-20)21-18(24)16(12(2)3)22-17(23)14-9-6-7-10-15(14)19;/h6-7,9-10,12-13,16H,4-5,8,11,20H2,1-3H3,(H,21,24)(H,22,23);1H. The molecule has 0 aliphatic carbocycles. The van der Waals surface area contributed by atoms with Crippen LogP contribution >= 0.6 is 12.4 Å². The lowest BCUT2D eigenvalue weighted by Crippen LogP contribution is -2.53. The number of carbonyl (C=O) groups is 2. The lowest BCUT2D eigenvalue weighted by Gasteiger charge is -2.25. The van der Waals surface area contributed by atoms with Crippen LogP contribution < -0.4 is 16.4 Å². The van der Waals surface area contributed by atoms with Gasteiger partial charge in [-0.2, -0.15) is 0 Å². The van der Waals surface area contributed by atoms with Gasteiger partial charge in [0.2, 0.25) is 5.91 Å². The first-order valence-corrected chi connectivity index (χ1v) is 8.46. The topological polar surface area (TPSA) is 84.2 Å². The average Bonchev–Trinajstić information content (AvgIpc) is 2.56. The predicted molar refractivity (Wildman–Crippen MR) is 100 cm³/mol. The molecule has 25 heavy (non-hydrogen) atoms. The fourth-order valence-corrected chi connectivity index (χ4v) is 2.39. The summed E-state index contributed by atoms with van der Waals surface area (Å²) in [6, 6.07) is 4.84. The van der Waals surface area contributed by atoms with Gasteiger partial charge in [-0.15, -0.1) is 12.4 Å². The predicted octanol–water partition coefficient (Wildman–Crippen LogP) is 2.64. The van der Waals surface area contributed by atoms with Gasteiger partial charge in [0.1, 0.15) is 11.9 Å². The summed E-state index contributed by atoms with van der Waals surface area (Å²) in [7, 11) is 0. The second-order valence-electron chi connectivity index (χ2n) is 6.26. The molecule has 0 aromatic heterocycles. The number of benzene rings is 1. The van der Waals surface area contributed by atoms with Gasteiger partial charge in [-0.25, -0.2) is 4.39 Å². The fourth-order valence-electron chi connectivity index (χ4n) is 2.39. The molecule has 1 aromatic carbocycles. The highest BCUT2D eigenvalue weighted by molar-refractivity contribution is 5.97. The van der Waals surface area contributed by atoms with E-state index in [1.807, 2.05) is 13.8 Å². The highest BCUT2D eigenvalue weighted by atomic mass is 35.5. The van der Waals surface area contributed by atoms with E-state index in [0.29, 0.717) is 6.54 Å². The van der Waals surface area contributed by atoms with E-state index in [1.54, 1.807) is 6.07 Å². The fraction of sp³-hybridized carbons (Fsp3) is 0.556. The maximum Gasteiger partial charge on any atom is 0.254 e. The van der Waals surface area contributed by atoms with Gasteiger partial charge in [0, 0.05) is 12.6 Å². The first kappa shape index (κ1) is 23.3. The largest absolute Gasteiger partial charge is 0.350 e. The zero-order valence-corrected chi connectivity index (χ0v) is 15.9. The maximum atomic E-state index is 13.7. The molecule has 0 aliphatic rings. The normalized spacial score (nSPS) is 12.9. The van der Waals surface area contributed by atoms with Gasteiger partial charge in [0.15, 0.2) is 0 Å². The summed E-state index contributed by atoms with van der Waals surface area (Å²) < 4.78 is 13.7. The number of amides is 2. The first-order chi connectivity index (χ1) is 11.4. The molecular formula is C18H29ClFN3O2. The van der Waals surface area contributed by atoms with Crippen molar-refractivity contribution >= 4 is 24.2 Å². The lowest BCUT2D eigenvalue weighted by atomic mass is 10.0. The number of carbonyl (C=O) groups excluding carboxylic acids is 2. The third kappa shape index (κ3) is 7.40. The minimum absolute atomic E-state index is 0. The molecule has 0 aliphatic heterocycles. The Hall–Kier alpha value is -1.66. The van der Waals surface area contributed by atoms with Crippen LogP contribution in [0.5, 0.6) is 0 Å². The second-order valence-corrected chi connectivity index (χ2v) is 6.26. The Morgan fingerprint density at radius 2 is 1.84 bits per heavy atom. The Morgan fingerprint density at radius 3 is 2.36 bits per heavy atom. The lowest BCUT2D eigenvalue weighted by molar-refractivity contribution is -0.124. The summed E-state index contributed by atoms with van der Waals surface area (Å²) in [4.78, 5) is 24.8. The van der Waals surface area contributed by atoms with Crippen molar-refractivity contribution in [1.29, 1.82) is 0 Å². The Labute approximate surface area is 155 Å². The van der Waals surface area contributed by atoms with E-state index in [-0.39, 0.29) is 35.8 Å². The summed E-state index contributed by atoms with van der Waals surface area (Å²) in [5.74, 6) is -1.63. The number of nitrogens with one attached hydrogen (secondary N) is 2. The van der Waals surface area contributed by atoms with Crippen LogP contribution in [0.15, 0.2) is 24.3 Å². The first-order valence-electron chi connectivity index (χ1n) is 8.46. The Kier molecular flexibility index (Phi) is 11.0. The number of unbranched alkanes of at least 4 members (excludes halogenated alkanes) is 1. The zero-order valence-electron chi connectivity index (χ0n) is 15.0. The van der Waals surface area contributed by atoms with Crippen molar-refractivity contribution in [3.8, 4) is 0 Å². The molecule has 142 valence electrons. The van der Waals surface area contributed by atoms with Crippen molar-refractivity contribution in [1.82, 2.24) is 10.6 Å². The molecule has 0 spiro atoms. The van der Waals surface area contributed by atoms with E-state index in [2.05, 4.69) is 17.6 Å². The van der Waals surface area contributed by atoms with E-state index >= 15 is 0 Å². The SMILES string of the molecule is CCCCC(CN)NC(=O)C(NC(=O)c1ccccc1F)C(C)C.Cl. The molecule has 0 heterocycles. The van der Waals surface area contributed by atoms with Crippen molar-refractivity contribution < 1.29 is 14.0 Å². The summed E-state index contributed by atoms with van der Waals surface area (Å²) in [6.07, 6.45) is 2.78. The molecule has 2 unspecified atom stereocenters. The zero-order chi connectivity index (χ0) is 18.1. The van der Waals surface area contributed by atoms with Crippen LogP contribution in [0.4, 0.5) is 4.39 Å². The van der Waals surface area contributed by atoms with Crippen molar-refractivity contribution in [2.45, 2.75) is 52.1 Å². The third-order valence-electron chi connectivity index (χ3n) is 3.89. The van der Waals surface area contributed by atoms with E-state index in [0.717, 1.165) is 19.3 Å². The minimum atomic E-state index is -0.743. The van der Waals surface area contributed by atoms with Crippen molar-refractivity contribution in [3.63, 3.8) is 0 Å². The van der Waals surface area contributed by atoms with Gasteiger partial charge < -0.3 is 16.4 Å². The molecule has 7 heteroatoms. The average molecular weight is 374 g/mol. The third-order valence-corrected chi connectivity index (χ3v) is 3.89. The summed E-state index contributed by atoms with van der Waals surface area (Å²) in [6.45, 7) is 6.07. The Bertz CT molecular complexity index is 555. The molecule has 0 radical (unpaired) electrons. The maximum absolute atomic E-state index is 13.7. The Morgan fingerprint density at radius 1 is 1.20 bits per heavy atom. The molecule has 1 rings (SSSR count). The summed E-state index contributed by atoms with van der Waals surface area (Å²) in [5.41, 5.74) is 5.63. The smallest absolute Gasteiger partial charge is 0.254 e. The summed E-state index contributed by atoms with van der Waals surface area (Å²) in [5, 5.41) is 5.51. The van der Waals surface area contributed by atoms with Gasteiger partial charge in [0.05, 0.1) is 5.56 Å². The molecule has 5 nitrogen and oxygen atoms in total. The van der Waals surface area contributed by atoms with Crippen molar-refractivity contribution in [2.75, 3.05) is 6.54 Å². The van der Waals surface area contributed by atoms with Crippen LogP contribution in [0.1, 0.15) is 50.4 Å². The monoisotopic (exact) mass is 373 g/mol. The molecule has 0 bridgehead atoms. The number of hydrogen-bond donors (Lipinski definition) is 3. The molecule has 0 saturated heterocycles. The highest BCUT2D eigenvalue weighted by Gasteiger charge is 2.26. The minimum Gasteiger partial charge on any atom is -0.350 e. The van der Waals surface area contributed by atoms with E-state index in [9.17, 15) is 14.0 Å². The van der Waals surface area contributed by atoms with Gasteiger partial charge in [-0.1, -0.05) is 45.7 Å². The molecule has 4 N–H and O–H groups in total. The van der Waals surface area contributed by atoms with Gasteiger partial charge in [-0.3, -0.25) is 9.59 Å². The molecule has 0 fully saturated rings. The molecular weight excluding hydrogens is 345 g/mol. The van der Waals surface area contributed by atoms with Crippen LogP contribution in [0.25, 0.3) is 0 Å². The summed E-state index contributed by atoms with van der Waals surface area (Å²) >= 11 is 0. The van der Waals surface area contributed by atoms with Gasteiger partial charge in [0.25, 0.3) is 5.91 Å². The van der Waals surface area contributed by atoms with Gasteiger partial charge in [-0.05, 0) is 24.5 Å². The van der Waals surface area contributed by atoms with E-state index in [4.69, 9.17) is 5.73 Å². The number of halogens is 2. The number of rotatable bonds is 9. The van der Waals surface area contributed by atoms with Crippen LogP contribution in [0, 0.1) is 11.7 Å².